The number of ether oxygens (including phenoxy) is 3. The van der Waals surface area contributed by atoms with Crippen LogP contribution in [0.4, 0.5) is 0 Å². The van der Waals surface area contributed by atoms with Crippen LogP contribution >= 0.6 is 0 Å². The van der Waals surface area contributed by atoms with Crippen LogP contribution in [0.1, 0.15) is 35.6 Å². The largest absolute Gasteiger partial charge is 0.507 e. The second-order valence-corrected chi connectivity index (χ2v) is 6.37. The molecule has 0 spiro atoms. The van der Waals surface area contributed by atoms with Crippen LogP contribution in [-0.4, -0.2) is 35.9 Å². The lowest BCUT2D eigenvalue weighted by Crippen LogP contribution is -2.46. The Morgan fingerprint density at radius 1 is 1.20 bits per heavy atom. The van der Waals surface area contributed by atoms with E-state index in [9.17, 15) is 14.7 Å². The van der Waals surface area contributed by atoms with Gasteiger partial charge in [0.1, 0.15) is 24.7 Å². The van der Waals surface area contributed by atoms with E-state index in [1.807, 2.05) is 20.8 Å². The molecule has 0 saturated carbocycles. The van der Waals surface area contributed by atoms with Gasteiger partial charge in [0.15, 0.2) is 0 Å². The van der Waals surface area contributed by atoms with E-state index in [-0.39, 0.29) is 19.0 Å². The first kappa shape index (κ1) is 18.8. The molecule has 1 heterocycles. The Morgan fingerprint density at radius 2 is 1.84 bits per heavy atom. The van der Waals surface area contributed by atoms with Gasteiger partial charge in [-0.25, -0.2) is 9.59 Å². The maximum absolute atomic E-state index is 12.4. The van der Waals surface area contributed by atoms with Crippen LogP contribution in [0, 0.1) is 20.8 Å². The summed E-state index contributed by atoms with van der Waals surface area (Å²) >= 11 is 0. The number of fused-ring (bicyclic) bond motifs is 1. The molecule has 0 radical (unpaired) electrons. The molecule has 0 saturated heterocycles. The van der Waals surface area contributed by atoms with Crippen molar-refractivity contribution in [3.8, 4) is 11.5 Å². The van der Waals surface area contributed by atoms with Crippen molar-refractivity contribution in [1.29, 1.82) is 0 Å². The van der Waals surface area contributed by atoms with E-state index >= 15 is 0 Å². The van der Waals surface area contributed by atoms with Crippen LogP contribution < -0.4 is 4.74 Å². The number of aromatic hydroxyl groups is 1. The number of hydrogen-bond acceptors (Lipinski definition) is 6. The maximum atomic E-state index is 12.4. The zero-order valence-electron chi connectivity index (χ0n) is 15.1. The van der Waals surface area contributed by atoms with Gasteiger partial charge in [-0.1, -0.05) is 6.58 Å². The van der Waals surface area contributed by atoms with E-state index < -0.39 is 17.5 Å². The Bertz CT molecular complexity index is 721. The van der Waals surface area contributed by atoms with Crippen molar-refractivity contribution < 1.29 is 28.9 Å². The molecule has 0 fully saturated rings. The highest BCUT2D eigenvalue weighted by Gasteiger charge is 2.42. The molecule has 1 aromatic carbocycles. The maximum Gasteiger partial charge on any atom is 0.350 e. The number of hydrogen-bond donors (Lipinski definition) is 1. The zero-order valence-corrected chi connectivity index (χ0v) is 15.1. The van der Waals surface area contributed by atoms with Crippen molar-refractivity contribution in [2.75, 3.05) is 13.2 Å². The minimum absolute atomic E-state index is 0.0334. The van der Waals surface area contributed by atoms with E-state index in [1.54, 1.807) is 6.92 Å². The van der Waals surface area contributed by atoms with Gasteiger partial charge in [-0.3, -0.25) is 0 Å². The topological polar surface area (TPSA) is 82.1 Å². The highest BCUT2D eigenvalue weighted by atomic mass is 16.6. The second-order valence-electron chi connectivity index (χ2n) is 6.37. The Balaban J connectivity index is 2.11. The van der Waals surface area contributed by atoms with Gasteiger partial charge in [0.25, 0.3) is 0 Å². The summed E-state index contributed by atoms with van der Waals surface area (Å²) in [4.78, 5) is 23.4. The lowest BCUT2D eigenvalue weighted by atomic mass is 9.87. The van der Waals surface area contributed by atoms with E-state index in [1.165, 1.54) is 0 Å². The summed E-state index contributed by atoms with van der Waals surface area (Å²) < 4.78 is 16.0. The number of rotatable bonds is 5. The molecule has 1 aromatic rings. The Labute approximate surface area is 147 Å². The van der Waals surface area contributed by atoms with E-state index in [4.69, 9.17) is 14.2 Å². The van der Waals surface area contributed by atoms with E-state index in [0.29, 0.717) is 18.6 Å². The van der Waals surface area contributed by atoms with E-state index in [2.05, 4.69) is 6.58 Å². The van der Waals surface area contributed by atoms with Gasteiger partial charge >= 0.3 is 11.9 Å². The number of carbonyl (C=O) groups is 2. The summed E-state index contributed by atoms with van der Waals surface area (Å²) in [6, 6.07) is 0. The molecule has 0 amide bonds. The Hall–Kier alpha value is -2.50. The van der Waals surface area contributed by atoms with Crippen LogP contribution in [0.15, 0.2) is 12.7 Å². The molecule has 0 aromatic heterocycles. The molecule has 0 aliphatic carbocycles. The SMILES string of the molecule is C=CC(=O)OCCOC(=O)C1(C)CCc2c(C)c(O)c(C)c(C)c2O1. The molecule has 25 heavy (non-hydrogen) atoms. The van der Waals surface area contributed by atoms with Gasteiger partial charge in [0.2, 0.25) is 5.60 Å². The van der Waals surface area contributed by atoms with Crippen LogP contribution in [0.25, 0.3) is 0 Å². The molecule has 0 bridgehead atoms. The van der Waals surface area contributed by atoms with Crippen molar-refractivity contribution in [1.82, 2.24) is 0 Å². The van der Waals surface area contributed by atoms with Crippen molar-refractivity contribution in [2.24, 2.45) is 0 Å². The molecular weight excluding hydrogens is 324 g/mol. The standard InChI is InChI=1S/C19H24O6/c1-6-15(20)23-9-10-24-18(22)19(5)8-7-14-13(4)16(21)11(2)12(3)17(14)25-19/h6,21H,1,7-10H2,2-5H3. The third kappa shape index (κ3) is 3.62. The number of esters is 2. The number of carbonyl (C=O) groups excluding carboxylic acids is 2. The molecule has 1 atom stereocenters. The summed E-state index contributed by atoms with van der Waals surface area (Å²) in [6.45, 7) is 10.4. The summed E-state index contributed by atoms with van der Waals surface area (Å²) in [5.74, 6) is -0.159. The van der Waals surface area contributed by atoms with Crippen LogP contribution in [0.3, 0.4) is 0 Å². The third-order valence-corrected chi connectivity index (χ3v) is 4.68. The summed E-state index contributed by atoms with van der Waals surface area (Å²) in [5.41, 5.74) is 2.15. The van der Waals surface area contributed by atoms with Crippen LogP contribution in [0.5, 0.6) is 11.5 Å². The monoisotopic (exact) mass is 348 g/mol. The highest BCUT2D eigenvalue weighted by Crippen LogP contribution is 2.43. The van der Waals surface area contributed by atoms with Crippen LogP contribution in [-0.2, 0) is 25.5 Å². The summed E-state index contributed by atoms with van der Waals surface area (Å²) in [6.07, 6.45) is 2.09. The number of phenols is 1. The van der Waals surface area contributed by atoms with Crippen molar-refractivity contribution in [3.05, 3.63) is 34.9 Å². The number of benzene rings is 1. The molecule has 1 aliphatic heterocycles. The molecular formula is C19H24O6. The fraction of sp³-hybridized carbons (Fsp3) is 0.474. The fourth-order valence-electron chi connectivity index (χ4n) is 2.88. The van der Waals surface area contributed by atoms with Crippen LogP contribution in [0.2, 0.25) is 0 Å². The predicted molar refractivity (Wildman–Crippen MR) is 91.8 cm³/mol. The van der Waals surface area contributed by atoms with E-state index in [0.717, 1.165) is 28.3 Å². The van der Waals surface area contributed by atoms with Gasteiger partial charge < -0.3 is 19.3 Å². The average Bonchev–Trinajstić information content (AvgIpc) is 2.61. The predicted octanol–water partition coefficient (Wildman–Crippen LogP) is 2.67. The molecule has 1 aliphatic rings. The van der Waals surface area contributed by atoms with Crippen molar-refractivity contribution >= 4 is 11.9 Å². The molecule has 2 rings (SSSR count). The molecule has 6 heteroatoms. The summed E-state index contributed by atoms with van der Waals surface area (Å²) in [5, 5.41) is 10.2. The zero-order chi connectivity index (χ0) is 18.8. The highest BCUT2D eigenvalue weighted by molar-refractivity contribution is 5.81. The minimum Gasteiger partial charge on any atom is -0.507 e. The fourth-order valence-corrected chi connectivity index (χ4v) is 2.88. The molecule has 1 N–H and O–H groups in total. The molecule has 136 valence electrons. The van der Waals surface area contributed by atoms with Gasteiger partial charge in [0.05, 0.1) is 0 Å². The first-order valence-corrected chi connectivity index (χ1v) is 8.18. The lowest BCUT2D eigenvalue weighted by Gasteiger charge is -2.35. The minimum atomic E-state index is -1.12. The van der Waals surface area contributed by atoms with Crippen molar-refractivity contribution in [3.63, 3.8) is 0 Å². The normalized spacial score (nSPS) is 18.7. The molecule has 1 unspecified atom stereocenters. The first-order valence-electron chi connectivity index (χ1n) is 8.18. The molecule has 6 nitrogen and oxygen atoms in total. The summed E-state index contributed by atoms with van der Waals surface area (Å²) in [7, 11) is 0. The quantitative estimate of drug-likeness (QED) is 0.500. The second kappa shape index (κ2) is 7.17. The smallest absolute Gasteiger partial charge is 0.350 e. The van der Waals surface area contributed by atoms with Gasteiger partial charge in [-0.05, 0) is 50.8 Å². The Morgan fingerprint density at radius 3 is 2.48 bits per heavy atom. The van der Waals surface area contributed by atoms with Crippen molar-refractivity contribution in [2.45, 2.75) is 46.1 Å². The third-order valence-electron chi connectivity index (χ3n) is 4.68. The number of phenolic OH excluding ortho intramolecular Hbond substituents is 1. The van der Waals surface area contributed by atoms with Gasteiger partial charge in [-0.15, -0.1) is 0 Å². The van der Waals surface area contributed by atoms with Gasteiger partial charge in [-0.2, -0.15) is 0 Å². The lowest BCUT2D eigenvalue weighted by molar-refractivity contribution is -0.165. The average molecular weight is 348 g/mol. The first-order chi connectivity index (χ1) is 11.7. The van der Waals surface area contributed by atoms with Gasteiger partial charge in [0, 0.05) is 18.1 Å². The Kier molecular flexibility index (Phi) is 5.40.